The highest BCUT2D eigenvalue weighted by molar-refractivity contribution is 5.49. The molecular weight excluding hydrogens is 286 g/mol. The lowest BCUT2D eigenvalue weighted by Gasteiger charge is -2.33. The Morgan fingerprint density at radius 1 is 1.22 bits per heavy atom. The summed E-state index contributed by atoms with van der Waals surface area (Å²) in [6.07, 6.45) is 5.87. The summed E-state index contributed by atoms with van der Waals surface area (Å²) in [6, 6.07) is 11.9. The van der Waals surface area contributed by atoms with E-state index in [1.165, 1.54) is 5.69 Å². The average molecular weight is 307 g/mol. The lowest BCUT2D eigenvalue weighted by atomic mass is 9.97. The summed E-state index contributed by atoms with van der Waals surface area (Å²) in [7, 11) is 0. The van der Waals surface area contributed by atoms with Gasteiger partial charge in [-0.1, -0.05) is 0 Å². The number of hydrogen-bond donors (Lipinski definition) is 0. The van der Waals surface area contributed by atoms with Crippen molar-refractivity contribution in [2.24, 2.45) is 5.92 Å². The van der Waals surface area contributed by atoms with Crippen LogP contribution in [0.15, 0.2) is 42.7 Å². The molecule has 0 amide bonds. The van der Waals surface area contributed by atoms with Crippen molar-refractivity contribution < 1.29 is 4.74 Å². The zero-order valence-corrected chi connectivity index (χ0v) is 13.4. The molecule has 0 spiro atoms. The zero-order chi connectivity index (χ0) is 16.1. The van der Waals surface area contributed by atoms with Crippen molar-refractivity contribution in [1.29, 1.82) is 5.26 Å². The van der Waals surface area contributed by atoms with Crippen LogP contribution in [0.25, 0.3) is 0 Å². The maximum absolute atomic E-state index is 8.86. The smallest absolute Gasteiger partial charge is 0.125 e. The molecule has 23 heavy (non-hydrogen) atoms. The van der Waals surface area contributed by atoms with Gasteiger partial charge in [-0.25, -0.2) is 0 Å². The number of hydrogen-bond acceptors (Lipinski definition) is 4. The standard InChI is InChI=1S/C19H21N3O/c1-15-13-21-9-6-19(15)23-14-17-7-10-22(11-8-17)18-4-2-16(12-20)3-5-18/h2-6,9,13,17H,7-8,10-11,14H2,1H3. The Kier molecular flexibility index (Phi) is 4.77. The summed E-state index contributed by atoms with van der Waals surface area (Å²) in [5.74, 6) is 1.53. The average Bonchev–Trinajstić information content (AvgIpc) is 2.62. The molecule has 0 N–H and O–H groups in total. The van der Waals surface area contributed by atoms with Gasteiger partial charge in [0.05, 0.1) is 18.2 Å². The van der Waals surface area contributed by atoms with Crippen molar-refractivity contribution >= 4 is 5.69 Å². The van der Waals surface area contributed by atoms with Gasteiger partial charge in [-0.3, -0.25) is 4.98 Å². The molecule has 1 aliphatic heterocycles. The van der Waals surface area contributed by atoms with Gasteiger partial charge in [-0.15, -0.1) is 0 Å². The number of aromatic nitrogens is 1. The fraction of sp³-hybridized carbons (Fsp3) is 0.368. The highest BCUT2D eigenvalue weighted by atomic mass is 16.5. The molecule has 1 aromatic carbocycles. The van der Waals surface area contributed by atoms with Gasteiger partial charge in [0, 0.05) is 36.7 Å². The van der Waals surface area contributed by atoms with E-state index in [4.69, 9.17) is 10.00 Å². The van der Waals surface area contributed by atoms with Gasteiger partial charge in [0.2, 0.25) is 0 Å². The first-order chi connectivity index (χ1) is 11.3. The normalized spacial score (nSPS) is 15.2. The first kappa shape index (κ1) is 15.4. The molecule has 118 valence electrons. The summed E-state index contributed by atoms with van der Waals surface area (Å²) < 4.78 is 5.95. The second kappa shape index (κ2) is 7.15. The Labute approximate surface area is 137 Å². The van der Waals surface area contributed by atoms with Crippen LogP contribution in [0.5, 0.6) is 5.75 Å². The number of piperidine rings is 1. The van der Waals surface area contributed by atoms with Crippen LogP contribution in [0.3, 0.4) is 0 Å². The molecular formula is C19H21N3O. The van der Waals surface area contributed by atoms with E-state index in [-0.39, 0.29) is 0 Å². The van der Waals surface area contributed by atoms with Gasteiger partial charge < -0.3 is 9.64 Å². The molecule has 4 nitrogen and oxygen atoms in total. The number of benzene rings is 1. The van der Waals surface area contributed by atoms with E-state index >= 15 is 0 Å². The Morgan fingerprint density at radius 3 is 2.61 bits per heavy atom. The minimum Gasteiger partial charge on any atom is -0.493 e. The largest absolute Gasteiger partial charge is 0.493 e. The molecule has 0 radical (unpaired) electrons. The molecule has 0 bridgehead atoms. The first-order valence-corrected chi connectivity index (χ1v) is 8.05. The molecule has 0 unspecified atom stereocenters. The molecule has 0 aliphatic carbocycles. The second-order valence-corrected chi connectivity index (χ2v) is 6.04. The summed E-state index contributed by atoms with van der Waals surface area (Å²) in [4.78, 5) is 6.47. The fourth-order valence-electron chi connectivity index (χ4n) is 2.93. The van der Waals surface area contributed by atoms with Crippen LogP contribution in [0.2, 0.25) is 0 Å². The predicted octanol–water partition coefficient (Wildman–Crippen LogP) is 3.56. The SMILES string of the molecule is Cc1cnccc1OCC1CCN(c2ccc(C#N)cc2)CC1. The van der Waals surface area contributed by atoms with Crippen molar-refractivity contribution in [3.63, 3.8) is 0 Å². The van der Waals surface area contributed by atoms with Gasteiger partial charge in [-0.05, 0) is 56.0 Å². The van der Waals surface area contributed by atoms with E-state index in [1.807, 2.05) is 43.5 Å². The van der Waals surface area contributed by atoms with E-state index in [2.05, 4.69) is 16.0 Å². The summed E-state index contributed by atoms with van der Waals surface area (Å²) >= 11 is 0. The Bertz CT molecular complexity index is 683. The molecule has 2 aromatic rings. The monoisotopic (exact) mass is 307 g/mol. The third-order valence-electron chi connectivity index (χ3n) is 4.42. The molecule has 2 heterocycles. The van der Waals surface area contributed by atoms with Crippen LogP contribution in [0.4, 0.5) is 5.69 Å². The Morgan fingerprint density at radius 2 is 1.96 bits per heavy atom. The highest BCUT2D eigenvalue weighted by Gasteiger charge is 2.20. The summed E-state index contributed by atoms with van der Waals surface area (Å²) in [5.41, 5.74) is 3.00. The molecule has 1 aliphatic rings. The van der Waals surface area contributed by atoms with E-state index in [0.717, 1.165) is 43.9 Å². The van der Waals surface area contributed by atoms with E-state index in [9.17, 15) is 0 Å². The van der Waals surface area contributed by atoms with E-state index in [1.54, 1.807) is 6.20 Å². The van der Waals surface area contributed by atoms with Crippen LogP contribution < -0.4 is 9.64 Å². The molecule has 0 saturated carbocycles. The van der Waals surface area contributed by atoms with Gasteiger partial charge in [0.15, 0.2) is 0 Å². The lowest BCUT2D eigenvalue weighted by molar-refractivity contribution is 0.221. The van der Waals surface area contributed by atoms with Crippen molar-refractivity contribution in [3.05, 3.63) is 53.9 Å². The van der Waals surface area contributed by atoms with Crippen molar-refractivity contribution in [3.8, 4) is 11.8 Å². The number of nitrogens with zero attached hydrogens (tertiary/aromatic N) is 3. The quantitative estimate of drug-likeness (QED) is 0.866. The van der Waals surface area contributed by atoms with Crippen molar-refractivity contribution in [1.82, 2.24) is 4.98 Å². The zero-order valence-electron chi connectivity index (χ0n) is 13.4. The number of nitriles is 1. The van der Waals surface area contributed by atoms with E-state index < -0.39 is 0 Å². The topological polar surface area (TPSA) is 49.1 Å². The Balaban J connectivity index is 1.50. The lowest BCUT2D eigenvalue weighted by Crippen LogP contribution is -2.35. The number of ether oxygens (including phenoxy) is 1. The maximum atomic E-state index is 8.86. The minimum atomic E-state index is 0.595. The van der Waals surface area contributed by atoms with Gasteiger partial charge in [-0.2, -0.15) is 5.26 Å². The van der Waals surface area contributed by atoms with Crippen LogP contribution >= 0.6 is 0 Å². The number of anilines is 1. The molecule has 4 heteroatoms. The fourth-order valence-corrected chi connectivity index (χ4v) is 2.93. The van der Waals surface area contributed by atoms with Gasteiger partial charge in [0.25, 0.3) is 0 Å². The second-order valence-electron chi connectivity index (χ2n) is 6.04. The maximum Gasteiger partial charge on any atom is 0.125 e. The highest BCUT2D eigenvalue weighted by Crippen LogP contribution is 2.25. The predicted molar refractivity (Wildman–Crippen MR) is 90.6 cm³/mol. The number of pyridine rings is 1. The molecule has 1 fully saturated rings. The van der Waals surface area contributed by atoms with Gasteiger partial charge >= 0.3 is 0 Å². The summed E-state index contributed by atoms with van der Waals surface area (Å²) in [6.45, 7) is 4.87. The minimum absolute atomic E-state index is 0.595. The Hall–Kier alpha value is -2.54. The molecule has 1 saturated heterocycles. The van der Waals surface area contributed by atoms with Crippen LogP contribution in [0, 0.1) is 24.2 Å². The van der Waals surface area contributed by atoms with Crippen LogP contribution in [0.1, 0.15) is 24.0 Å². The van der Waals surface area contributed by atoms with Crippen LogP contribution in [-0.2, 0) is 0 Å². The number of aryl methyl sites for hydroxylation is 1. The summed E-state index contributed by atoms with van der Waals surface area (Å²) in [5, 5.41) is 8.86. The van der Waals surface area contributed by atoms with Gasteiger partial charge in [0.1, 0.15) is 5.75 Å². The molecule has 3 rings (SSSR count). The third-order valence-corrected chi connectivity index (χ3v) is 4.42. The first-order valence-electron chi connectivity index (χ1n) is 8.05. The van der Waals surface area contributed by atoms with E-state index in [0.29, 0.717) is 11.5 Å². The van der Waals surface area contributed by atoms with Crippen molar-refractivity contribution in [2.75, 3.05) is 24.6 Å². The van der Waals surface area contributed by atoms with Crippen molar-refractivity contribution in [2.45, 2.75) is 19.8 Å². The number of rotatable bonds is 4. The third kappa shape index (κ3) is 3.81. The molecule has 1 aromatic heterocycles. The van der Waals surface area contributed by atoms with Crippen LogP contribution in [-0.4, -0.2) is 24.7 Å². The molecule has 0 atom stereocenters.